The van der Waals surface area contributed by atoms with Crippen LogP contribution in [0.25, 0.3) is 0 Å². The van der Waals surface area contributed by atoms with Crippen molar-refractivity contribution >= 4 is 41.6 Å². The minimum atomic E-state index is -2.98. The smallest absolute Gasteiger partial charge is 0.303 e. The summed E-state index contributed by atoms with van der Waals surface area (Å²) in [7, 11) is 0. The van der Waals surface area contributed by atoms with Gasteiger partial charge in [-0.3, -0.25) is 43.8 Å². The van der Waals surface area contributed by atoms with E-state index in [1.165, 1.54) is 24.3 Å². The van der Waals surface area contributed by atoms with Crippen LogP contribution in [0, 0.1) is 0 Å². The lowest BCUT2D eigenvalue weighted by molar-refractivity contribution is -0.380. The van der Waals surface area contributed by atoms with Gasteiger partial charge in [-0.05, 0) is 35.4 Å². The molecule has 0 aromatic heterocycles. The molecule has 4 aromatic carbocycles. The molecule has 3 heterocycles. The van der Waals surface area contributed by atoms with Crippen LogP contribution in [0.15, 0.2) is 115 Å². The number of ether oxygens (including phenoxy) is 9. The molecular formula is C49H50N2O17. The van der Waals surface area contributed by atoms with Crippen LogP contribution in [0.5, 0.6) is 0 Å². The van der Waals surface area contributed by atoms with E-state index in [1.54, 1.807) is 84.9 Å². The lowest BCUT2D eigenvalue weighted by atomic mass is 9.91. The Labute approximate surface area is 390 Å². The minimum Gasteiger partial charge on any atom is -0.463 e. The van der Waals surface area contributed by atoms with E-state index in [2.05, 4.69) is 5.32 Å². The van der Waals surface area contributed by atoms with Crippen LogP contribution >= 0.6 is 0 Å². The highest BCUT2D eigenvalue weighted by Gasteiger charge is 2.64. The van der Waals surface area contributed by atoms with E-state index in [4.69, 9.17) is 42.6 Å². The second-order valence-electron chi connectivity index (χ2n) is 16.1. The van der Waals surface area contributed by atoms with Gasteiger partial charge in [0.05, 0.1) is 30.9 Å². The van der Waals surface area contributed by atoms with Crippen LogP contribution in [0.4, 0.5) is 0 Å². The fourth-order valence-corrected chi connectivity index (χ4v) is 8.26. The number of amides is 3. The Morgan fingerprint density at radius 3 is 1.68 bits per heavy atom. The predicted molar refractivity (Wildman–Crippen MR) is 232 cm³/mol. The summed E-state index contributed by atoms with van der Waals surface area (Å²) in [5, 5.41) is 15.6. The van der Waals surface area contributed by atoms with Gasteiger partial charge < -0.3 is 47.7 Å². The van der Waals surface area contributed by atoms with Crippen molar-refractivity contribution in [3.63, 3.8) is 0 Å². The molecular weight excluding hydrogens is 889 g/mol. The molecule has 10 atom stereocenters. The van der Waals surface area contributed by atoms with Crippen LogP contribution in [0.2, 0.25) is 0 Å². The summed E-state index contributed by atoms with van der Waals surface area (Å²) in [4.78, 5) is 94.4. The van der Waals surface area contributed by atoms with Gasteiger partial charge in [-0.2, -0.15) is 0 Å². The molecule has 0 saturated carbocycles. The van der Waals surface area contributed by atoms with Crippen LogP contribution in [0.3, 0.4) is 0 Å². The van der Waals surface area contributed by atoms with E-state index in [-0.39, 0.29) is 29.9 Å². The Morgan fingerprint density at radius 2 is 1.12 bits per heavy atom. The first-order valence-electron chi connectivity index (χ1n) is 21.6. The number of benzene rings is 4. The lowest BCUT2D eigenvalue weighted by Crippen LogP contribution is -2.77. The molecule has 7 rings (SSSR count). The highest BCUT2D eigenvalue weighted by molar-refractivity contribution is 6.21. The summed E-state index contributed by atoms with van der Waals surface area (Å²) in [6.07, 6.45) is -13.2. The third kappa shape index (κ3) is 11.4. The molecule has 2 saturated heterocycles. The van der Waals surface area contributed by atoms with Crippen molar-refractivity contribution in [3.05, 3.63) is 143 Å². The zero-order valence-electron chi connectivity index (χ0n) is 37.4. The number of hydrogen-bond donors (Lipinski definition) is 2. The average molecular weight is 939 g/mol. The van der Waals surface area contributed by atoms with Crippen molar-refractivity contribution in [1.82, 2.24) is 10.2 Å². The highest BCUT2D eigenvalue weighted by atomic mass is 16.8. The van der Waals surface area contributed by atoms with Gasteiger partial charge in [-0.15, -0.1) is 0 Å². The van der Waals surface area contributed by atoms with Gasteiger partial charge in [0.25, 0.3) is 23.6 Å². The van der Waals surface area contributed by atoms with Crippen LogP contribution in [-0.4, -0.2) is 126 Å². The van der Waals surface area contributed by atoms with Gasteiger partial charge in [0.1, 0.15) is 37.1 Å². The van der Waals surface area contributed by atoms with E-state index in [0.29, 0.717) is 5.56 Å². The van der Waals surface area contributed by atoms with Crippen LogP contribution in [-0.2, 0) is 75.0 Å². The Balaban J connectivity index is 1.40. The van der Waals surface area contributed by atoms with E-state index in [1.807, 2.05) is 6.07 Å². The summed E-state index contributed by atoms with van der Waals surface area (Å²) < 4.78 is 54.8. The zero-order valence-corrected chi connectivity index (χ0v) is 37.4. The summed E-state index contributed by atoms with van der Waals surface area (Å²) >= 11 is 0. The molecule has 0 spiro atoms. The van der Waals surface area contributed by atoms with E-state index < -0.39 is 116 Å². The SMILES string of the molecule is CC(=O)OC[C@H]1O[C@@H](O[C@H]2[C@H](OCc3ccccc3)[C@@H](N3C(=O)c4ccccc4C3=O)[C@@](O)(NC(=O)c3ccccc3)O[C@@H]2COCc2ccccc2)[C@H](OC(C)=O)[C@@H](OC(C)=O)[C@H]1OC(C)=O. The molecule has 2 N–H and O–H groups in total. The third-order valence-corrected chi connectivity index (χ3v) is 11.1. The zero-order chi connectivity index (χ0) is 48.5. The molecule has 4 aromatic rings. The van der Waals surface area contributed by atoms with Gasteiger partial charge in [-0.25, -0.2) is 0 Å². The molecule has 2 fully saturated rings. The van der Waals surface area contributed by atoms with Crippen molar-refractivity contribution in [3.8, 4) is 0 Å². The molecule has 3 aliphatic heterocycles. The number of nitrogens with one attached hydrogen (secondary N) is 1. The molecule has 358 valence electrons. The first-order valence-corrected chi connectivity index (χ1v) is 21.6. The topological polar surface area (TPSA) is 238 Å². The van der Waals surface area contributed by atoms with E-state index in [0.717, 1.165) is 38.2 Å². The molecule has 3 aliphatic rings. The average Bonchev–Trinajstić information content (AvgIpc) is 3.55. The first kappa shape index (κ1) is 49.0. The largest absolute Gasteiger partial charge is 0.463 e. The minimum absolute atomic E-state index is 0.0152. The van der Waals surface area contributed by atoms with Gasteiger partial charge in [0.15, 0.2) is 24.6 Å². The van der Waals surface area contributed by atoms with Gasteiger partial charge >= 0.3 is 23.9 Å². The molecule has 68 heavy (non-hydrogen) atoms. The van der Waals surface area contributed by atoms with Crippen molar-refractivity contribution < 1.29 is 81.3 Å². The Hall–Kier alpha value is -6.87. The summed E-state index contributed by atoms with van der Waals surface area (Å²) in [6.45, 7) is 2.98. The van der Waals surface area contributed by atoms with Crippen molar-refractivity contribution in [2.24, 2.45) is 0 Å². The number of fused-ring (bicyclic) bond motifs is 1. The van der Waals surface area contributed by atoms with Gasteiger partial charge in [0, 0.05) is 33.3 Å². The number of carbonyl (C=O) groups excluding carboxylic acids is 7. The number of rotatable bonds is 17. The Morgan fingerprint density at radius 1 is 0.603 bits per heavy atom. The second kappa shape index (κ2) is 21.8. The first-order chi connectivity index (χ1) is 32.6. The lowest BCUT2D eigenvalue weighted by Gasteiger charge is -2.53. The number of carbonyl (C=O) groups is 7. The summed E-state index contributed by atoms with van der Waals surface area (Å²) in [5.41, 5.74) is 1.33. The quantitative estimate of drug-likeness (QED) is 0.0668. The standard InChI is InChI=1S/C49H50N2O17/c1-28(52)61-27-37-39(63-29(2)53)41(64-30(3)54)43(65-31(4)55)48(66-37)67-40-38(26-60-24-32-16-8-5-9-17-32)68-49(59,50-45(56)34-20-12-7-13-21-34)44(42(40)62-25-33-18-10-6-11-19-33)51-46(57)35-22-14-15-23-36(35)47(51)58/h5-23,37-44,48,59H,24-27H2,1-4H3,(H,50,56)/t37-,38-,39+,40-,41+,42+,43-,44-,48+,49+/m1/s1. The molecule has 0 unspecified atom stereocenters. The van der Waals surface area contributed by atoms with E-state index >= 15 is 0 Å². The number of aliphatic hydroxyl groups is 1. The monoisotopic (exact) mass is 938 g/mol. The molecule has 0 radical (unpaired) electrons. The molecule has 0 aliphatic carbocycles. The molecule has 3 amide bonds. The normalized spacial score (nSPS) is 26.5. The maximum Gasteiger partial charge on any atom is 0.303 e. The van der Waals surface area contributed by atoms with Crippen LogP contribution < -0.4 is 5.32 Å². The second-order valence-corrected chi connectivity index (χ2v) is 16.1. The fraction of sp³-hybridized carbons (Fsp3) is 0.367. The number of esters is 4. The maximum absolute atomic E-state index is 14.6. The van der Waals surface area contributed by atoms with Gasteiger partial charge in [0.2, 0.25) is 0 Å². The Kier molecular flexibility index (Phi) is 15.7. The maximum atomic E-state index is 14.6. The number of imide groups is 1. The number of hydrogen-bond acceptors (Lipinski definition) is 17. The van der Waals surface area contributed by atoms with Crippen LogP contribution in [0.1, 0.15) is 69.9 Å². The molecule has 19 heteroatoms. The van der Waals surface area contributed by atoms with Crippen molar-refractivity contribution in [2.45, 2.75) is 102 Å². The highest BCUT2D eigenvalue weighted by Crippen LogP contribution is 2.41. The molecule has 0 bridgehead atoms. The van der Waals surface area contributed by atoms with Crippen molar-refractivity contribution in [1.29, 1.82) is 0 Å². The Bertz CT molecular complexity index is 2420. The predicted octanol–water partition coefficient (Wildman–Crippen LogP) is 3.40. The van der Waals surface area contributed by atoms with Crippen molar-refractivity contribution in [2.75, 3.05) is 13.2 Å². The summed E-state index contributed by atoms with van der Waals surface area (Å²) in [5.74, 6) is -9.08. The summed E-state index contributed by atoms with van der Waals surface area (Å²) in [6, 6.07) is 29.5. The van der Waals surface area contributed by atoms with Gasteiger partial charge in [-0.1, -0.05) is 91.0 Å². The van der Waals surface area contributed by atoms with E-state index in [9.17, 15) is 38.7 Å². The third-order valence-electron chi connectivity index (χ3n) is 11.1. The number of nitrogens with zero attached hydrogens (tertiary/aromatic N) is 1. The fourth-order valence-electron chi connectivity index (χ4n) is 8.26. The molecule has 19 nitrogen and oxygen atoms in total.